The third-order valence-electron chi connectivity index (χ3n) is 20.6. The fourth-order valence-corrected chi connectivity index (χ4v) is 15.8. The summed E-state index contributed by atoms with van der Waals surface area (Å²) in [7, 11) is -8.82. The number of hydrogen-bond donors (Lipinski definition) is 3. The molecule has 0 bridgehead atoms. The van der Waals surface area contributed by atoms with Crippen molar-refractivity contribution in [2.75, 3.05) is 22.9 Å². The van der Waals surface area contributed by atoms with Crippen LogP contribution in [0.15, 0.2) is 203 Å². The predicted octanol–water partition coefficient (Wildman–Crippen LogP) is 15.9. The van der Waals surface area contributed by atoms with Gasteiger partial charge in [0.1, 0.15) is 0 Å². The number of allylic oxidation sites excluding steroid dienone is 12. The molecular formula is C82H91N7O16S2+2. The van der Waals surface area contributed by atoms with E-state index in [1.165, 1.54) is 65.2 Å². The average Bonchev–Trinajstić information content (AvgIpc) is 1.64. The zero-order valence-electron chi connectivity index (χ0n) is 61.8. The first-order valence-electron chi connectivity index (χ1n) is 35.6. The first-order valence-corrected chi connectivity index (χ1v) is 38.5. The molecule has 0 aromatic heterocycles. The van der Waals surface area contributed by atoms with Crippen LogP contribution in [0.3, 0.4) is 0 Å². The number of carbonyl (C=O) groups excluding carboxylic acids is 3. The van der Waals surface area contributed by atoms with Gasteiger partial charge in [0.25, 0.3) is 43.4 Å². The fourth-order valence-electron chi connectivity index (χ4n) is 14.8. The number of nitrogens with zero attached hydrogens (tertiary/aromatic N) is 7. The molecule has 0 aliphatic carbocycles. The number of nitro benzene ring substituents is 2. The molecule has 0 spiro atoms. The second kappa shape index (κ2) is 31.8. The monoisotopic (exact) mass is 1490 g/mol. The summed E-state index contributed by atoms with van der Waals surface area (Å²) in [6.45, 7) is 23.2. The van der Waals surface area contributed by atoms with Crippen LogP contribution in [0.25, 0.3) is 0 Å². The van der Waals surface area contributed by atoms with Crippen molar-refractivity contribution in [1.29, 1.82) is 0 Å². The zero-order valence-corrected chi connectivity index (χ0v) is 63.4. The Morgan fingerprint density at radius 2 is 0.897 bits per heavy atom. The molecule has 6 aromatic carbocycles. The molecule has 0 unspecified atom stereocenters. The van der Waals surface area contributed by atoms with Crippen LogP contribution in [-0.2, 0) is 79.0 Å². The van der Waals surface area contributed by atoms with Gasteiger partial charge in [-0.3, -0.25) is 43.7 Å². The highest BCUT2D eigenvalue weighted by molar-refractivity contribution is 7.86. The number of carboxylic acid groups (broad SMARTS) is 1. The van der Waals surface area contributed by atoms with E-state index in [0.717, 1.165) is 86.2 Å². The molecule has 1 fully saturated rings. The van der Waals surface area contributed by atoms with Gasteiger partial charge in [-0.15, -0.1) is 5.06 Å². The number of fused-ring (bicyclic) bond motifs is 4. The number of aryl methyl sites for hydroxylation is 2. The van der Waals surface area contributed by atoms with Crippen molar-refractivity contribution in [1.82, 2.24) is 5.06 Å². The number of nitro groups is 2. The average molecular weight is 1490 g/mol. The molecule has 11 rings (SSSR count). The number of benzene rings is 6. The van der Waals surface area contributed by atoms with Crippen LogP contribution in [0.1, 0.15) is 164 Å². The van der Waals surface area contributed by atoms with E-state index in [9.17, 15) is 65.3 Å². The first-order chi connectivity index (χ1) is 50.4. The number of aliphatic carboxylic acids is 1. The second-order valence-electron chi connectivity index (χ2n) is 29.6. The number of amides is 2. The van der Waals surface area contributed by atoms with Gasteiger partial charge < -0.3 is 19.7 Å². The Labute approximate surface area is 624 Å². The molecular weight excluding hydrogens is 1400 g/mol. The Hall–Kier alpha value is -10.6. The maximum atomic E-state index is 12.3. The number of hydrogen-bond acceptors (Lipinski definition) is 15. The molecule has 6 aromatic rings. The summed E-state index contributed by atoms with van der Waals surface area (Å²) in [4.78, 5) is 77.5. The molecule has 0 radical (unpaired) electrons. The molecule has 2 amide bonds. The van der Waals surface area contributed by atoms with Gasteiger partial charge >= 0.3 is 11.9 Å². The third-order valence-corrected chi connectivity index (χ3v) is 22.3. The molecule has 3 N–H and O–H groups in total. The topological polar surface area (TPSA) is 308 Å². The normalized spacial score (nSPS) is 17.7. The molecule has 0 saturated carbocycles. The number of unbranched alkanes of at least 4 members (excludes halogenated alkanes) is 4. The van der Waals surface area contributed by atoms with Gasteiger partial charge in [-0.1, -0.05) is 100 Å². The summed E-state index contributed by atoms with van der Waals surface area (Å²) in [5.74, 6) is -2.50. The maximum absolute atomic E-state index is 12.3. The number of non-ortho nitro benzene ring substituents is 2. The van der Waals surface area contributed by atoms with Crippen LogP contribution in [0.2, 0.25) is 0 Å². The summed E-state index contributed by atoms with van der Waals surface area (Å²) in [6.07, 6.45) is 24.0. The number of carboxylic acids is 1. The molecule has 25 heteroatoms. The number of carbonyl (C=O) groups is 4. The Morgan fingerprint density at radius 1 is 0.505 bits per heavy atom. The van der Waals surface area contributed by atoms with Crippen molar-refractivity contribution in [3.63, 3.8) is 0 Å². The quantitative estimate of drug-likeness (QED) is 0.00820. The number of hydroxylamine groups is 2. The van der Waals surface area contributed by atoms with Crippen molar-refractivity contribution in [2.45, 2.75) is 178 Å². The summed E-state index contributed by atoms with van der Waals surface area (Å²) in [5.41, 5.74) is 14.2. The highest BCUT2D eigenvalue weighted by Crippen LogP contribution is 2.51. The smallest absolute Gasteiger partial charge is 0.333 e. The van der Waals surface area contributed by atoms with Crippen LogP contribution in [0.5, 0.6) is 0 Å². The molecule has 5 heterocycles. The molecule has 5 aliphatic heterocycles. The van der Waals surface area contributed by atoms with Crippen LogP contribution < -0.4 is 9.80 Å². The highest BCUT2D eigenvalue weighted by Gasteiger charge is 2.47. The van der Waals surface area contributed by atoms with E-state index in [0.29, 0.717) is 56.9 Å². The first kappa shape index (κ1) is 79.0. The van der Waals surface area contributed by atoms with E-state index in [1.54, 1.807) is 36.4 Å². The van der Waals surface area contributed by atoms with Crippen LogP contribution in [-0.4, -0.2) is 103 Å². The third kappa shape index (κ3) is 17.4. The molecule has 23 nitrogen and oxygen atoms in total. The lowest BCUT2D eigenvalue weighted by Gasteiger charge is -2.27. The van der Waals surface area contributed by atoms with Crippen molar-refractivity contribution < 1.29 is 74.1 Å². The highest BCUT2D eigenvalue weighted by atomic mass is 32.2. The summed E-state index contributed by atoms with van der Waals surface area (Å²) >= 11 is 0. The Balaban J connectivity index is 0.000000231. The van der Waals surface area contributed by atoms with Gasteiger partial charge in [-0.2, -0.15) is 26.0 Å². The Bertz CT molecular complexity index is 5040. The van der Waals surface area contributed by atoms with Crippen molar-refractivity contribution in [3.05, 3.63) is 258 Å². The molecule has 560 valence electrons. The second-order valence-corrected chi connectivity index (χ2v) is 32.4. The van der Waals surface area contributed by atoms with Gasteiger partial charge in [0, 0.05) is 143 Å². The lowest BCUT2D eigenvalue weighted by atomic mass is 9.81. The van der Waals surface area contributed by atoms with E-state index < -0.39 is 64.7 Å². The van der Waals surface area contributed by atoms with Crippen molar-refractivity contribution in [2.24, 2.45) is 0 Å². The standard InChI is InChI=1S/C43H46N4O9S.C39H43N3O7S/c1-29-15-21-36-33(26-29)42(2,3)38(45(36)28-30-16-18-31(19-17-30)47(51)52)13-9-6-8-12-37-43(4,5)34-27-32(57(53,54)55)20-22-35(34)44(37)25-11-7-10-14-41(50)56-46-39(48)23-24-40(46)49;1-27-15-21-34-31(24-27)38(2,3)36(41(34)26-28-16-18-29(19-17-28)42(45)46)13-9-6-8-12-35-39(4,5)32-25-30(50(47,48)49)20-22-33(32)40(35)23-11-7-10-14-37(43)44/h6,8-9,12-13,15-22,26-27H,7,10-11,14,23-25,28H2,1-5H3;6,8-9,12-13,15-22,24-25H,7,10-11,14,23,26H2,1-5H3,(H-,43,44,47,48,49)/p+2. The lowest BCUT2D eigenvalue weighted by molar-refractivity contribution is -0.455. The summed E-state index contributed by atoms with van der Waals surface area (Å²) < 4.78 is 72.3. The van der Waals surface area contributed by atoms with E-state index in [4.69, 9.17) is 9.94 Å². The Kier molecular flexibility index (Phi) is 23.5. The molecule has 0 atom stereocenters. The number of rotatable bonds is 27. The van der Waals surface area contributed by atoms with Gasteiger partial charge in [0.2, 0.25) is 11.4 Å². The fraction of sp³-hybridized carbons (Fsp3) is 0.341. The van der Waals surface area contributed by atoms with Crippen molar-refractivity contribution >= 4 is 89.5 Å². The van der Waals surface area contributed by atoms with E-state index >= 15 is 0 Å². The van der Waals surface area contributed by atoms with Gasteiger partial charge in [0.05, 0.1) is 30.5 Å². The number of imide groups is 1. The van der Waals surface area contributed by atoms with Crippen molar-refractivity contribution in [3.8, 4) is 0 Å². The minimum atomic E-state index is -4.44. The SMILES string of the molecule is Cc1ccc2c(c1)C(C)(C)C(/C=C/C=C/C=C1/N(CCCCCC(=O)O)c3ccc(S(=O)(=O)O)cc3C1(C)C)=[N+]2Cc1ccc([N+](=O)[O-])cc1.Cc1ccc2c(c1)C(C)(C)C(/C=C/C=C/C=C1/N(CCCCCC(=O)ON3C(=O)CCC3=O)c3ccc(S(=O)(=O)O)cc3C1(C)C)=[N+]2Cc1ccc([N+](=O)[O-])cc1. The Morgan fingerprint density at radius 3 is 1.27 bits per heavy atom. The van der Waals surface area contributed by atoms with Crippen LogP contribution in [0.4, 0.5) is 34.1 Å². The van der Waals surface area contributed by atoms with Gasteiger partial charge in [-0.05, 0) is 163 Å². The van der Waals surface area contributed by atoms with Gasteiger partial charge in [0.15, 0.2) is 24.5 Å². The molecule has 107 heavy (non-hydrogen) atoms. The van der Waals surface area contributed by atoms with Crippen LogP contribution in [0, 0.1) is 34.1 Å². The largest absolute Gasteiger partial charge is 0.481 e. The van der Waals surface area contributed by atoms with Crippen LogP contribution >= 0.6 is 0 Å². The van der Waals surface area contributed by atoms with E-state index in [-0.39, 0.29) is 57.7 Å². The zero-order chi connectivity index (χ0) is 77.7. The van der Waals surface area contributed by atoms with Gasteiger partial charge in [-0.25, -0.2) is 4.79 Å². The lowest BCUT2D eigenvalue weighted by Crippen LogP contribution is -2.32. The minimum absolute atomic E-state index is 0.0315. The predicted molar refractivity (Wildman–Crippen MR) is 410 cm³/mol. The number of anilines is 2. The van der Waals surface area contributed by atoms with E-state index in [2.05, 4.69) is 109 Å². The van der Waals surface area contributed by atoms with E-state index in [1.807, 2.05) is 76.3 Å². The molecule has 5 aliphatic rings. The molecule has 1 saturated heterocycles. The minimum Gasteiger partial charge on any atom is -0.481 e. The maximum Gasteiger partial charge on any atom is 0.333 e. The summed E-state index contributed by atoms with van der Waals surface area (Å²) in [5, 5.41) is 32.1. The summed E-state index contributed by atoms with van der Waals surface area (Å²) in [6, 6.07) is 35.4.